The number of hydrogen-bond acceptors (Lipinski definition) is 6. The van der Waals surface area contributed by atoms with Gasteiger partial charge in [0, 0.05) is 6.07 Å². The molecule has 0 bridgehead atoms. The highest BCUT2D eigenvalue weighted by molar-refractivity contribution is 5.90. The first-order valence-corrected chi connectivity index (χ1v) is 6.08. The number of aromatic nitrogens is 3. The Morgan fingerprint density at radius 3 is 2.67 bits per heavy atom. The summed E-state index contributed by atoms with van der Waals surface area (Å²) in [5, 5.41) is 17.0. The Kier molecular flexibility index (Phi) is 3.15. The Morgan fingerprint density at radius 2 is 1.95 bits per heavy atom. The van der Waals surface area contributed by atoms with E-state index in [1.807, 2.05) is 0 Å². The molecule has 0 radical (unpaired) electrons. The summed E-state index contributed by atoms with van der Waals surface area (Å²) in [6.07, 6.45) is 0. The van der Waals surface area contributed by atoms with Crippen LogP contribution in [-0.2, 0) is 0 Å². The zero-order valence-electron chi connectivity index (χ0n) is 11.1. The number of methoxy groups -OCH3 is 1. The number of rotatable bonds is 3. The van der Waals surface area contributed by atoms with Crippen LogP contribution in [0.3, 0.4) is 0 Å². The number of ether oxygens (including phenoxy) is 1. The molecule has 1 aromatic heterocycles. The molecule has 3 aromatic rings. The number of aromatic hydroxyl groups is 1. The minimum Gasteiger partial charge on any atom is -0.508 e. The van der Waals surface area contributed by atoms with E-state index in [-0.39, 0.29) is 5.75 Å². The molecule has 106 valence electrons. The van der Waals surface area contributed by atoms with Gasteiger partial charge in [-0.2, -0.15) is 0 Å². The second-order valence-electron chi connectivity index (χ2n) is 4.24. The summed E-state index contributed by atoms with van der Waals surface area (Å²) >= 11 is 0. The summed E-state index contributed by atoms with van der Waals surface area (Å²) in [5.41, 5.74) is 1.26. The number of hydrogen-bond donors (Lipinski definition) is 1. The number of phenols is 1. The van der Waals surface area contributed by atoms with Gasteiger partial charge in [0.25, 0.3) is 0 Å². The van der Waals surface area contributed by atoms with Crippen molar-refractivity contribution in [1.29, 1.82) is 0 Å². The maximum absolute atomic E-state index is 12.0. The van der Waals surface area contributed by atoms with Crippen molar-refractivity contribution >= 4 is 17.0 Å². The van der Waals surface area contributed by atoms with E-state index in [2.05, 4.69) is 10.3 Å². The van der Waals surface area contributed by atoms with Crippen LogP contribution in [0.1, 0.15) is 10.4 Å². The first-order valence-electron chi connectivity index (χ1n) is 6.08. The monoisotopic (exact) mass is 285 g/mol. The van der Waals surface area contributed by atoms with Gasteiger partial charge in [-0.3, -0.25) is 0 Å². The first-order chi connectivity index (χ1) is 10.2. The van der Waals surface area contributed by atoms with Crippen molar-refractivity contribution in [2.24, 2.45) is 0 Å². The van der Waals surface area contributed by atoms with Gasteiger partial charge in [-0.15, -0.1) is 5.10 Å². The average Bonchev–Trinajstić information content (AvgIpc) is 2.89. The van der Waals surface area contributed by atoms with Gasteiger partial charge in [-0.1, -0.05) is 4.85 Å². The Balaban J connectivity index is 1.87. The average molecular weight is 285 g/mol. The van der Waals surface area contributed by atoms with Gasteiger partial charge in [0.15, 0.2) is 0 Å². The quantitative estimate of drug-likeness (QED) is 0.732. The van der Waals surface area contributed by atoms with Crippen LogP contribution < -0.4 is 9.57 Å². The maximum atomic E-state index is 12.0. The van der Waals surface area contributed by atoms with Crippen molar-refractivity contribution in [2.45, 2.75) is 0 Å². The smallest absolute Gasteiger partial charge is 0.365 e. The van der Waals surface area contributed by atoms with E-state index in [1.54, 1.807) is 37.4 Å². The lowest BCUT2D eigenvalue weighted by atomic mass is 10.2. The minimum atomic E-state index is -0.590. The molecule has 0 spiro atoms. The number of fused-ring (bicyclic) bond motifs is 1. The lowest BCUT2D eigenvalue weighted by Crippen LogP contribution is -2.20. The summed E-state index contributed by atoms with van der Waals surface area (Å²) < 4.78 is 5.02. The largest absolute Gasteiger partial charge is 0.508 e. The van der Waals surface area contributed by atoms with E-state index in [4.69, 9.17) is 9.57 Å². The zero-order valence-corrected chi connectivity index (χ0v) is 11.1. The predicted octanol–water partition coefficient (Wildman–Crippen LogP) is 1.41. The highest BCUT2D eigenvalue weighted by Crippen LogP contribution is 2.17. The van der Waals surface area contributed by atoms with Gasteiger partial charge < -0.3 is 14.7 Å². The summed E-state index contributed by atoms with van der Waals surface area (Å²) in [4.78, 5) is 18.1. The van der Waals surface area contributed by atoms with Crippen molar-refractivity contribution in [3.8, 4) is 11.5 Å². The fraction of sp³-hybridized carbons (Fsp3) is 0.0714. The number of carbonyl (C=O) groups excluding carboxylic acids is 1. The van der Waals surface area contributed by atoms with Gasteiger partial charge in [0.1, 0.15) is 22.5 Å². The Morgan fingerprint density at radius 1 is 1.19 bits per heavy atom. The molecule has 0 aliphatic rings. The van der Waals surface area contributed by atoms with Gasteiger partial charge in [-0.25, -0.2) is 4.79 Å². The Hall–Kier alpha value is -3.09. The molecular weight excluding hydrogens is 274 g/mol. The Labute approximate surface area is 119 Å². The molecule has 2 aromatic carbocycles. The van der Waals surface area contributed by atoms with Gasteiger partial charge in [-0.05, 0) is 41.6 Å². The third-order valence-corrected chi connectivity index (χ3v) is 2.89. The van der Waals surface area contributed by atoms with E-state index in [0.29, 0.717) is 22.3 Å². The minimum absolute atomic E-state index is 0.0338. The van der Waals surface area contributed by atoms with E-state index >= 15 is 0 Å². The number of phenolic OH excluding ortho intramolecular Hbond substituents is 1. The molecule has 21 heavy (non-hydrogen) atoms. The normalized spacial score (nSPS) is 10.5. The fourth-order valence-electron chi connectivity index (χ4n) is 1.81. The molecule has 3 rings (SSSR count). The lowest BCUT2D eigenvalue weighted by Gasteiger charge is -2.04. The molecule has 0 aliphatic carbocycles. The molecule has 1 N–H and O–H groups in total. The molecule has 7 heteroatoms. The number of carbonyl (C=O) groups is 1. The summed E-state index contributed by atoms with van der Waals surface area (Å²) in [6.45, 7) is 0. The van der Waals surface area contributed by atoms with Crippen LogP contribution in [0.2, 0.25) is 0 Å². The van der Waals surface area contributed by atoms with Crippen molar-refractivity contribution in [1.82, 2.24) is 15.2 Å². The van der Waals surface area contributed by atoms with Crippen LogP contribution in [-0.4, -0.2) is 33.3 Å². The fourth-order valence-corrected chi connectivity index (χ4v) is 1.81. The van der Waals surface area contributed by atoms with Gasteiger partial charge in [0.05, 0.1) is 12.7 Å². The predicted molar refractivity (Wildman–Crippen MR) is 73.1 cm³/mol. The van der Waals surface area contributed by atoms with Crippen molar-refractivity contribution in [3.05, 3.63) is 48.0 Å². The highest BCUT2D eigenvalue weighted by Gasteiger charge is 2.13. The molecule has 0 atom stereocenters. The molecule has 0 saturated heterocycles. The molecule has 0 amide bonds. The standard InChI is InChI=1S/C14H11N3O4/c1-20-11-5-2-9(3-6-11)14(19)21-17-13-8-10(18)4-7-12(13)15-16-17/h2-8,18H,1H3. The second kappa shape index (κ2) is 5.12. The molecule has 7 nitrogen and oxygen atoms in total. The summed E-state index contributed by atoms with van der Waals surface area (Å²) in [6, 6.07) is 10.9. The zero-order chi connectivity index (χ0) is 14.8. The molecule has 0 unspecified atom stereocenters. The van der Waals surface area contributed by atoms with Crippen molar-refractivity contribution in [3.63, 3.8) is 0 Å². The maximum Gasteiger partial charge on any atom is 0.365 e. The Bertz CT molecular complexity index is 796. The molecule has 0 fully saturated rings. The molecule has 0 saturated carbocycles. The third kappa shape index (κ3) is 2.48. The number of nitrogens with zero attached hydrogens (tertiary/aromatic N) is 3. The molecular formula is C14H11N3O4. The van der Waals surface area contributed by atoms with E-state index in [9.17, 15) is 9.90 Å². The van der Waals surface area contributed by atoms with Crippen LogP contribution in [0, 0.1) is 0 Å². The van der Waals surface area contributed by atoms with Crippen molar-refractivity contribution < 1.29 is 19.5 Å². The molecule has 0 aliphatic heterocycles. The van der Waals surface area contributed by atoms with Crippen LogP contribution in [0.15, 0.2) is 42.5 Å². The summed E-state index contributed by atoms with van der Waals surface area (Å²) in [7, 11) is 1.54. The van der Waals surface area contributed by atoms with Crippen molar-refractivity contribution in [2.75, 3.05) is 7.11 Å². The molecule has 1 heterocycles. The van der Waals surface area contributed by atoms with E-state index in [1.165, 1.54) is 12.1 Å². The van der Waals surface area contributed by atoms with E-state index < -0.39 is 5.97 Å². The van der Waals surface area contributed by atoms with Crippen LogP contribution in [0.5, 0.6) is 11.5 Å². The van der Waals surface area contributed by atoms with Crippen LogP contribution in [0.4, 0.5) is 0 Å². The lowest BCUT2D eigenvalue weighted by molar-refractivity contribution is 0.0408. The van der Waals surface area contributed by atoms with Crippen LogP contribution >= 0.6 is 0 Å². The summed E-state index contributed by atoms with van der Waals surface area (Å²) in [5.74, 6) is 0.0852. The van der Waals surface area contributed by atoms with Gasteiger partial charge >= 0.3 is 5.97 Å². The van der Waals surface area contributed by atoms with Crippen LogP contribution in [0.25, 0.3) is 11.0 Å². The van der Waals surface area contributed by atoms with Gasteiger partial charge in [0.2, 0.25) is 0 Å². The topological polar surface area (TPSA) is 86.5 Å². The first kappa shape index (κ1) is 12.9. The second-order valence-corrected chi connectivity index (χ2v) is 4.24. The highest BCUT2D eigenvalue weighted by atomic mass is 16.7. The number of benzene rings is 2. The van der Waals surface area contributed by atoms with E-state index in [0.717, 1.165) is 4.85 Å². The SMILES string of the molecule is COc1ccc(C(=O)On2nnc3ccc(O)cc32)cc1. The third-order valence-electron chi connectivity index (χ3n) is 2.89.